The molecule has 0 heterocycles. The van der Waals surface area contributed by atoms with E-state index in [0.29, 0.717) is 11.4 Å². The van der Waals surface area contributed by atoms with E-state index in [1.807, 2.05) is 38.1 Å². The van der Waals surface area contributed by atoms with E-state index in [-0.39, 0.29) is 5.82 Å². The van der Waals surface area contributed by atoms with Crippen LogP contribution in [0.15, 0.2) is 36.4 Å². The predicted molar refractivity (Wildman–Crippen MR) is 70.0 cm³/mol. The second-order valence-electron chi connectivity index (χ2n) is 4.18. The van der Waals surface area contributed by atoms with Gasteiger partial charge in [-0.15, -0.1) is 0 Å². The molecule has 0 spiro atoms. The van der Waals surface area contributed by atoms with E-state index in [9.17, 15) is 4.39 Å². The fraction of sp³-hybridized carbons (Fsp3) is 0.143. The topological polar surface area (TPSA) is 38.0 Å². The van der Waals surface area contributed by atoms with Crippen LogP contribution in [-0.2, 0) is 0 Å². The number of nitrogens with two attached hydrogens (primary N) is 1. The molecule has 0 atom stereocenters. The number of nitrogens with one attached hydrogen (secondary N) is 1. The summed E-state index contributed by atoms with van der Waals surface area (Å²) >= 11 is 0. The number of aryl methyl sites for hydroxylation is 2. The maximum Gasteiger partial charge on any atom is 0.125 e. The van der Waals surface area contributed by atoms with E-state index >= 15 is 0 Å². The molecule has 0 radical (unpaired) electrons. The Hall–Kier alpha value is -2.03. The van der Waals surface area contributed by atoms with Gasteiger partial charge in [0.05, 0.1) is 11.4 Å². The highest BCUT2D eigenvalue weighted by Crippen LogP contribution is 2.26. The summed E-state index contributed by atoms with van der Waals surface area (Å²) in [6.45, 7) is 3.80. The molecule has 0 saturated carbocycles. The van der Waals surface area contributed by atoms with E-state index in [1.165, 1.54) is 12.1 Å². The van der Waals surface area contributed by atoms with Crippen LogP contribution in [0.1, 0.15) is 11.1 Å². The van der Waals surface area contributed by atoms with Crippen molar-refractivity contribution in [1.82, 2.24) is 0 Å². The first-order valence-corrected chi connectivity index (χ1v) is 5.45. The molecule has 0 unspecified atom stereocenters. The number of hydrogen-bond acceptors (Lipinski definition) is 2. The zero-order chi connectivity index (χ0) is 12.4. The van der Waals surface area contributed by atoms with Gasteiger partial charge in [0.1, 0.15) is 5.82 Å². The van der Waals surface area contributed by atoms with Crippen LogP contribution in [0.4, 0.5) is 21.5 Å². The third-order valence-corrected chi connectivity index (χ3v) is 2.65. The molecule has 0 amide bonds. The number of benzene rings is 2. The first-order valence-electron chi connectivity index (χ1n) is 5.45. The van der Waals surface area contributed by atoms with Gasteiger partial charge < -0.3 is 11.1 Å². The van der Waals surface area contributed by atoms with Crippen molar-refractivity contribution >= 4 is 17.1 Å². The van der Waals surface area contributed by atoms with Gasteiger partial charge in [-0.1, -0.05) is 12.1 Å². The molecular formula is C14H15FN2. The molecular weight excluding hydrogens is 215 g/mol. The van der Waals surface area contributed by atoms with Crippen LogP contribution < -0.4 is 11.1 Å². The van der Waals surface area contributed by atoms with Gasteiger partial charge in [-0.3, -0.25) is 0 Å². The fourth-order valence-electron chi connectivity index (χ4n) is 1.75. The summed E-state index contributed by atoms with van der Waals surface area (Å²) in [4.78, 5) is 0. The van der Waals surface area contributed by atoms with Crippen LogP contribution >= 0.6 is 0 Å². The standard InChI is InChI=1S/C14H15FN2/c1-9-6-11(15)8-12(7-9)17-13-5-3-4-10(2)14(13)16/h3-8,17H,16H2,1-2H3. The van der Waals surface area contributed by atoms with E-state index in [1.54, 1.807) is 0 Å². The fourth-order valence-corrected chi connectivity index (χ4v) is 1.75. The average Bonchev–Trinajstić information content (AvgIpc) is 2.23. The molecule has 88 valence electrons. The smallest absolute Gasteiger partial charge is 0.125 e. The summed E-state index contributed by atoms with van der Waals surface area (Å²) in [7, 11) is 0. The molecule has 2 rings (SSSR count). The average molecular weight is 230 g/mol. The summed E-state index contributed by atoms with van der Waals surface area (Å²) in [5.41, 5.74) is 10.0. The van der Waals surface area contributed by atoms with Gasteiger partial charge in [-0.25, -0.2) is 4.39 Å². The Morgan fingerprint density at radius 1 is 1.12 bits per heavy atom. The normalized spacial score (nSPS) is 10.3. The third kappa shape index (κ3) is 2.56. The number of anilines is 3. The summed E-state index contributed by atoms with van der Waals surface area (Å²) in [5.74, 6) is -0.251. The van der Waals surface area contributed by atoms with Crippen molar-refractivity contribution in [2.24, 2.45) is 0 Å². The van der Waals surface area contributed by atoms with Crippen LogP contribution in [0.25, 0.3) is 0 Å². The Labute approximate surface area is 100 Å². The predicted octanol–water partition coefficient (Wildman–Crippen LogP) is 3.77. The Balaban J connectivity index is 2.34. The number of halogens is 1. The summed E-state index contributed by atoms with van der Waals surface area (Å²) in [6.07, 6.45) is 0. The monoisotopic (exact) mass is 230 g/mol. The van der Waals surface area contributed by atoms with Gasteiger partial charge in [0.15, 0.2) is 0 Å². The lowest BCUT2D eigenvalue weighted by Crippen LogP contribution is -1.98. The lowest BCUT2D eigenvalue weighted by Gasteiger charge is -2.11. The Bertz CT molecular complexity index is 530. The van der Waals surface area contributed by atoms with Crippen molar-refractivity contribution in [3.05, 3.63) is 53.3 Å². The van der Waals surface area contributed by atoms with Gasteiger partial charge in [-0.05, 0) is 49.2 Å². The second kappa shape index (κ2) is 4.45. The van der Waals surface area contributed by atoms with Crippen LogP contribution in [0.2, 0.25) is 0 Å². The number of nitrogen functional groups attached to an aromatic ring is 1. The van der Waals surface area contributed by atoms with Gasteiger partial charge >= 0.3 is 0 Å². The Kier molecular flexibility index (Phi) is 3.00. The first-order chi connectivity index (χ1) is 8.06. The zero-order valence-corrected chi connectivity index (χ0v) is 9.92. The van der Waals surface area contributed by atoms with Crippen molar-refractivity contribution in [3.8, 4) is 0 Å². The van der Waals surface area contributed by atoms with E-state index in [0.717, 1.165) is 16.8 Å². The Morgan fingerprint density at radius 3 is 2.59 bits per heavy atom. The number of hydrogen-bond donors (Lipinski definition) is 2. The largest absolute Gasteiger partial charge is 0.397 e. The van der Waals surface area contributed by atoms with Crippen LogP contribution in [-0.4, -0.2) is 0 Å². The highest BCUT2D eigenvalue weighted by atomic mass is 19.1. The number of rotatable bonds is 2. The molecule has 0 aliphatic heterocycles. The molecule has 0 aliphatic rings. The molecule has 2 aromatic rings. The van der Waals surface area contributed by atoms with Crippen LogP contribution in [0.5, 0.6) is 0 Å². The highest BCUT2D eigenvalue weighted by molar-refractivity contribution is 5.75. The molecule has 0 saturated heterocycles. The maximum atomic E-state index is 13.2. The van der Waals surface area contributed by atoms with E-state index < -0.39 is 0 Å². The molecule has 3 N–H and O–H groups in total. The van der Waals surface area contributed by atoms with Crippen LogP contribution in [0.3, 0.4) is 0 Å². The maximum absolute atomic E-state index is 13.2. The minimum Gasteiger partial charge on any atom is -0.397 e. The van der Waals surface area contributed by atoms with Gasteiger partial charge in [0.25, 0.3) is 0 Å². The SMILES string of the molecule is Cc1cc(F)cc(Nc2cccc(C)c2N)c1. The van der Waals surface area contributed by atoms with E-state index in [2.05, 4.69) is 5.32 Å². The molecule has 0 aromatic heterocycles. The quantitative estimate of drug-likeness (QED) is 0.771. The molecule has 2 aromatic carbocycles. The lowest BCUT2D eigenvalue weighted by atomic mass is 10.1. The van der Waals surface area contributed by atoms with Crippen molar-refractivity contribution in [2.45, 2.75) is 13.8 Å². The van der Waals surface area contributed by atoms with Crippen LogP contribution in [0, 0.1) is 19.7 Å². The molecule has 2 nitrogen and oxygen atoms in total. The van der Waals surface area contributed by atoms with Crippen molar-refractivity contribution in [2.75, 3.05) is 11.1 Å². The molecule has 0 fully saturated rings. The van der Waals surface area contributed by atoms with Crippen molar-refractivity contribution < 1.29 is 4.39 Å². The summed E-state index contributed by atoms with van der Waals surface area (Å²) in [6, 6.07) is 10.6. The summed E-state index contributed by atoms with van der Waals surface area (Å²) in [5, 5.41) is 3.13. The zero-order valence-electron chi connectivity index (χ0n) is 9.92. The highest BCUT2D eigenvalue weighted by Gasteiger charge is 2.03. The van der Waals surface area contributed by atoms with Crippen molar-refractivity contribution in [3.63, 3.8) is 0 Å². The first kappa shape index (κ1) is 11.5. The summed E-state index contributed by atoms with van der Waals surface area (Å²) < 4.78 is 13.2. The second-order valence-corrected chi connectivity index (χ2v) is 4.18. The van der Waals surface area contributed by atoms with Gasteiger partial charge in [0, 0.05) is 5.69 Å². The lowest BCUT2D eigenvalue weighted by molar-refractivity contribution is 0.627. The molecule has 3 heteroatoms. The molecule has 0 aliphatic carbocycles. The van der Waals surface area contributed by atoms with Crippen molar-refractivity contribution in [1.29, 1.82) is 0 Å². The molecule has 17 heavy (non-hydrogen) atoms. The third-order valence-electron chi connectivity index (χ3n) is 2.65. The Morgan fingerprint density at radius 2 is 1.88 bits per heavy atom. The minimum atomic E-state index is -0.251. The minimum absolute atomic E-state index is 0.251. The van der Waals surface area contributed by atoms with Gasteiger partial charge in [0.2, 0.25) is 0 Å². The molecule has 0 bridgehead atoms. The number of para-hydroxylation sites is 1. The van der Waals surface area contributed by atoms with Gasteiger partial charge in [-0.2, -0.15) is 0 Å². The van der Waals surface area contributed by atoms with E-state index in [4.69, 9.17) is 5.73 Å².